The van der Waals surface area contributed by atoms with Crippen LogP contribution in [-0.4, -0.2) is 12.5 Å². The Balaban J connectivity index is 2.30. The van der Waals surface area contributed by atoms with Gasteiger partial charge in [-0.2, -0.15) is 5.26 Å². The maximum atomic E-state index is 11.9. The number of carbonyl (C=O) groups is 1. The number of rotatable bonds is 1. The summed E-state index contributed by atoms with van der Waals surface area (Å²) < 4.78 is 0. The second-order valence-electron chi connectivity index (χ2n) is 3.81. The summed E-state index contributed by atoms with van der Waals surface area (Å²) in [5, 5.41) is 8.80. The van der Waals surface area contributed by atoms with Gasteiger partial charge in [-0.1, -0.05) is 23.8 Å². The van der Waals surface area contributed by atoms with Gasteiger partial charge in [-0.25, -0.2) is 0 Å². The number of hydrogen-bond acceptors (Lipinski definition) is 2. The summed E-state index contributed by atoms with van der Waals surface area (Å²) in [7, 11) is 0. The SMILES string of the molecule is Cc1ccc(N2CCC=C(C#N)C2=O)cc1. The van der Waals surface area contributed by atoms with Crippen LogP contribution in [0.4, 0.5) is 5.69 Å². The number of hydrogen-bond donors (Lipinski definition) is 0. The van der Waals surface area contributed by atoms with Crippen molar-refractivity contribution in [2.45, 2.75) is 13.3 Å². The van der Waals surface area contributed by atoms with E-state index in [1.54, 1.807) is 11.0 Å². The lowest BCUT2D eigenvalue weighted by molar-refractivity contribution is -0.115. The van der Waals surface area contributed by atoms with Crippen LogP contribution in [0.25, 0.3) is 0 Å². The summed E-state index contributed by atoms with van der Waals surface area (Å²) in [6, 6.07) is 9.69. The highest BCUT2D eigenvalue weighted by atomic mass is 16.2. The molecule has 0 unspecified atom stereocenters. The van der Waals surface area contributed by atoms with Crippen LogP contribution in [0.3, 0.4) is 0 Å². The fourth-order valence-corrected chi connectivity index (χ4v) is 1.74. The van der Waals surface area contributed by atoms with Crippen LogP contribution >= 0.6 is 0 Å². The van der Waals surface area contributed by atoms with E-state index >= 15 is 0 Å². The number of amides is 1. The third-order valence-corrected chi connectivity index (χ3v) is 2.64. The van der Waals surface area contributed by atoms with Gasteiger partial charge in [0.1, 0.15) is 11.6 Å². The molecule has 1 aliphatic rings. The molecule has 80 valence electrons. The van der Waals surface area contributed by atoms with Crippen molar-refractivity contribution >= 4 is 11.6 Å². The summed E-state index contributed by atoms with van der Waals surface area (Å²) in [4.78, 5) is 13.5. The largest absolute Gasteiger partial charge is 0.307 e. The van der Waals surface area contributed by atoms with Crippen LogP contribution in [0.15, 0.2) is 35.9 Å². The molecule has 16 heavy (non-hydrogen) atoms. The first kappa shape index (κ1) is 10.4. The zero-order chi connectivity index (χ0) is 11.5. The van der Waals surface area contributed by atoms with Crippen LogP contribution in [0.1, 0.15) is 12.0 Å². The molecule has 1 amide bonds. The van der Waals surface area contributed by atoms with Crippen LogP contribution in [0, 0.1) is 18.3 Å². The van der Waals surface area contributed by atoms with Gasteiger partial charge in [-0.15, -0.1) is 0 Å². The highest BCUT2D eigenvalue weighted by Crippen LogP contribution is 2.20. The quantitative estimate of drug-likeness (QED) is 0.716. The lowest BCUT2D eigenvalue weighted by Crippen LogP contribution is -2.35. The van der Waals surface area contributed by atoms with Gasteiger partial charge in [0.2, 0.25) is 0 Å². The van der Waals surface area contributed by atoms with E-state index in [1.807, 2.05) is 37.3 Å². The minimum Gasteiger partial charge on any atom is -0.307 e. The molecule has 0 N–H and O–H groups in total. The Kier molecular flexibility index (Phi) is 2.74. The van der Waals surface area contributed by atoms with Crippen molar-refractivity contribution in [1.82, 2.24) is 0 Å². The number of aryl methyl sites for hydroxylation is 1. The van der Waals surface area contributed by atoms with E-state index in [4.69, 9.17) is 5.26 Å². The molecule has 1 aliphatic heterocycles. The summed E-state index contributed by atoms with van der Waals surface area (Å²) in [6.45, 7) is 2.65. The fourth-order valence-electron chi connectivity index (χ4n) is 1.74. The standard InChI is InChI=1S/C13H12N2O/c1-10-4-6-12(7-5-10)15-8-2-3-11(9-14)13(15)16/h3-7H,2,8H2,1H3. The van der Waals surface area contributed by atoms with Crippen molar-refractivity contribution in [2.75, 3.05) is 11.4 Å². The summed E-state index contributed by atoms with van der Waals surface area (Å²) >= 11 is 0. The van der Waals surface area contributed by atoms with Gasteiger partial charge in [-0.05, 0) is 25.5 Å². The van der Waals surface area contributed by atoms with Crippen molar-refractivity contribution < 1.29 is 4.79 Å². The van der Waals surface area contributed by atoms with Crippen LogP contribution in [0.5, 0.6) is 0 Å². The average molecular weight is 212 g/mol. The Labute approximate surface area is 94.6 Å². The number of carbonyl (C=O) groups excluding carboxylic acids is 1. The normalized spacial score (nSPS) is 15.6. The van der Waals surface area contributed by atoms with E-state index in [9.17, 15) is 4.79 Å². The number of anilines is 1. The topological polar surface area (TPSA) is 44.1 Å². The molecule has 0 saturated heterocycles. The maximum absolute atomic E-state index is 11.9. The Hall–Kier alpha value is -2.08. The number of benzene rings is 1. The van der Waals surface area contributed by atoms with Crippen LogP contribution < -0.4 is 4.90 Å². The smallest absolute Gasteiger partial charge is 0.268 e. The first-order chi connectivity index (χ1) is 7.72. The van der Waals surface area contributed by atoms with E-state index in [1.165, 1.54) is 0 Å². The Morgan fingerprint density at radius 3 is 2.62 bits per heavy atom. The van der Waals surface area contributed by atoms with E-state index in [0.29, 0.717) is 6.54 Å². The first-order valence-electron chi connectivity index (χ1n) is 5.21. The maximum Gasteiger partial charge on any atom is 0.268 e. The molecule has 0 saturated carbocycles. The predicted molar refractivity (Wildman–Crippen MR) is 61.8 cm³/mol. The molecule has 1 heterocycles. The summed E-state index contributed by atoms with van der Waals surface area (Å²) in [5.74, 6) is -0.197. The van der Waals surface area contributed by atoms with Crippen molar-refractivity contribution in [3.05, 3.63) is 41.5 Å². The molecule has 1 aromatic rings. The van der Waals surface area contributed by atoms with Gasteiger partial charge in [0.25, 0.3) is 5.91 Å². The van der Waals surface area contributed by atoms with Gasteiger partial charge in [-0.3, -0.25) is 4.79 Å². The summed E-state index contributed by atoms with van der Waals surface area (Å²) in [6.07, 6.45) is 2.44. The van der Waals surface area contributed by atoms with E-state index < -0.39 is 0 Å². The molecule has 0 fully saturated rings. The molecule has 0 bridgehead atoms. The molecule has 0 aliphatic carbocycles. The van der Waals surface area contributed by atoms with E-state index in [-0.39, 0.29) is 11.5 Å². The van der Waals surface area contributed by atoms with Gasteiger partial charge in [0.05, 0.1) is 0 Å². The van der Waals surface area contributed by atoms with E-state index in [0.717, 1.165) is 17.7 Å². The molecule has 0 aromatic heterocycles. The molecular weight excluding hydrogens is 200 g/mol. The fraction of sp³-hybridized carbons (Fsp3) is 0.231. The number of nitriles is 1. The second kappa shape index (κ2) is 4.19. The van der Waals surface area contributed by atoms with E-state index in [2.05, 4.69) is 0 Å². The average Bonchev–Trinajstić information content (AvgIpc) is 2.31. The van der Waals surface area contributed by atoms with Gasteiger partial charge in [0.15, 0.2) is 0 Å². The van der Waals surface area contributed by atoms with Crippen molar-refractivity contribution in [2.24, 2.45) is 0 Å². The lowest BCUT2D eigenvalue weighted by atomic mass is 10.1. The van der Waals surface area contributed by atoms with Crippen molar-refractivity contribution in [1.29, 1.82) is 5.26 Å². The molecule has 0 atom stereocenters. The molecular formula is C13H12N2O. The second-order valence-corrected chi connectivity index (χ2v) is 3.81. The van der Waals surface area contributed by atoms with Gasteiger partial charge < -0.3 is 4.90 Å². The first-order valence-corrected chi connectivity index (χ1v) is 5.21. The Morgan fingerprint density at radius 1 is 1.31 bits per heavy atom. The van der Waals surface area contributed by atoms with Gasteiger partial charge >= 0.3 is 0 Å². The lowest BCUT2D eigenvalue weighted by Gasteiger charge is -2.25. The monoisotopic (exact) mass is 212 g/mol. The zero-order valence-electron chi connectivity index (χ0n) is 9.10. The molecule has 0 spiro atoms. The minimum absolute atomic E-state index is 0.197. The van der Waals surface area contributed by atoms with Crippen molar-refractivity contribution in [3.8, 4) is 6.07 Å². The molecule has 0 radical (unpaired) electrons. The third-order valence-electron chi connectivity index (χ3n) is 2.64. The minimum atomic E-state index is -0.197. The molecule has 3 nitrogen and oxygen atoms in total. The van der Waals surface area contributed by atoms with Crippen LogP contribution in [-0.2, 0) is 4.79 Å². The third kappa shape index (κ3) is 1.82. The molecule has 2 rings (SSSR count). The Morgan fingerprint density at radius 2 is 2.00 bits per heavy atom. The molecule has 1 aromatic carbocycles. The van der Waals surface area contributed by atoms with Crippen molar-refractivity contribution in [3.63, 3.8) is 0 Å². The highest BCUT2D eigenvalue weighted by molar-refractivity contribution is 6.09. The van der Waals surface area contributed by atoms with Crippen LogP contribution in [0.2, 0.25) is 0 Å². The summed E-state index contributed by atoms with van der Waals surface area (Å²) in [5.41, 5.74) is 2.26. The number of nitrogens with zero attached hydrogens (tertiary/aromatic N) is 2. The zero-order valence-corrected chi connectivity index (χ0v) is 9.10. The molecule has 3 heteroatoms. The van der Waals surface area contributed by atoms with Gasteiger partial charge in [0, 0.05) is 12.2 Å². The predicted octanol–water partition coefficient (Wildman–Crippen LogP) is 2.18. The Bertz CT molecular complexity index is 480. The highest BCUT2D eigenvalue weighted by Gasteiger charge is 2.22.